The number of nitrogens with one attached hydrogen (secondary N) is 1. The Morgan fingerprint density at radius 3 is 1.47 bits per heavy atom. The smallest absolute Gasteiger partial charge is 0.125 e. The van der Waals surface area contributed by atoms with Crippen molar-refractivity contribution in [2.45, 2.75) is 41.0 Å². The lowest BCUT2D eigenvalue weighted by molar-refractivity contribution is -0.114. The van der Waals surface area contributed by atoms with Crippen molar-refractivity contribution >= 4 is 12.6 Å². The van der Waals surface area contributed by atoms with Crippen molar-refractivity contribution < 1.29 is 9.59 Å². The lowest BCUT2D eigenvalue weighted by Gasteiger charge is -2.10. The van der Waals surface area contributed by atoms with Crippen LogP contribution in [0.3, 0.4) is 0 Å². The summed E-state index contributed by atoms with van der Waals surface area (Å²) in [7, 11) is 3.75. The maximum Gasteiger partial charge on any atom is 0.125 e. The van der Waals surface area contributed by atoms with E-state index in [-0.39, 0.29) is 11.3 Å². The van der Waals surface area contributed by atoms with Gasteiger partial charge in [0.15, 0.2) is 0 Å². The molecule has 0 fully saturated rings. The summed E-state index contributed by atoms with van der Waals surface area (Å²) in [5, 5.41) is 2.75. The zero-order valence-electron chi connectivity index (χ0n) is 11.3. The Bertz CT molecular complexity index is 143. The molecule has 0 rings (SSSR count). The molecular weight excluding hydrogens is 190 g/mol. The number of hydrogen-bond acceptors (Lipinski definition) is 3. The molecule has 0 aliphatic carbocycles. The molecule has 0 saturated heterocycles. The van der Waals surface area contributed by atoms with Gasteiger partial charge in [-0.3, -0.25) is 0 Å². The summed E-state index contributed by atoms with van der Waals surface area (Å²) in [6, 6.07) is 0. The Morgan fingerprint density at radius 1 is 1.20 bits per heavy atom. The molecule has 0 heterocycles. The van der Waals surface area contributed by atoms with Gasteiger partial charge in [-0.15, -0.1) is 0 Å². The van der Waals surface area contributed by atoms with Gasteiger partial charge in [-0.05, 0) is 20.5 Å². The second-order valence-corrected chi connectivity index (χ2v) is 4.34. The molecule has 0 aromatic heterocycles. The summed E-state index contributed by atoms with van der Waals surface area (Å²) in [6.45, 7) is 9.58. The van der Waals surface area contributed by atoms with Crippen LogP contribution in [0.4, 0.5) is 0 Å². The van der Waals surface area contributed by atoms with Crippen LogP contribution in [-0.4, -0.2) is 26.7 Å². The molecule has 0 saturated carbocycles. The standard InChI is InChI=1S/C6H12O.C4H8O.C2H7N/c1-4-6(2,3)5-7;1-4(2)3-5;1-3-2/h5H,4H2,1-3H3;3-4H,1-2H3;3H,1-2H3. The minimum atomic E-state index is -0.0972. The Morgan fingerprint density at radius 2 is 1.47 bits per heavy atom. The highest BCUT2D eigenvalue weighted by Crippen LogP contribution is 2.14. The third-order valence-corrected chi connectivity index (χ3v) is 1.50. The number of carbonyl (C=O) groups excluding carboxylic acids is 2. The molecule has 0 unspecified atom stereocenters. The van der Waals surface area contributed by atoms with E-state index in [4.69, 9.17) is 0 Å². The molecule has 0 radical (unpaired) electrons. The van der Waals surface area contributed by atoms with E-state index < -0.39 is 0 Å². The van der Waals surface area contributed by atoms with Gasteiger partial charge in [-0.25, -0.2) is 0 Å². The first-order valence-corrected chi connectivity index (χ1v) is 5.31. The molecule has 92 valence electrons. The fraction of sp³-hybridized carbons (Fsp3) is 0.833. The predicted octanol–water partition coefficient (Wildman–Crippen LogP) is 2.30. The summed E-state index contributed by atoms with van der Waals surface area (Å²) < 4.78 is 0. The van der Waals surface area contributed by atoms with Gasteiger partial charge >= 0.3 is 0 Å². The van der Waals surface area contributed by atoms with E-state index in [1.807, 2.05) is 48.7 Å². The van der Waals surface area contributed by atoms with E-state index in [0.717, 1.165) is 19.0 Å². The largest absolute Gasteiger partial charge is 0.323 e. The van der Waals surface area contributed by atoms with Crippen molar-refractivity contribution in [1.29, 1.82) is 0 Å². The molecule has 1 N–H and O–H groups in total. The average molecular weight is 217 g/mol. The second-order valence-electron chi connectivity index (χ2n) is 4.34. The molecule has 0 aromatic carbocycles. The van der Waals surface area contributed by atoms with E-state index >= 15 is 0 Å². The minimum absolute atomic E-state index is 0.0972. The van der Waals surface area contributed by atoms with E-state index in [0.29, 0.717) is 0 Å². The van der Waals surface area contributed by atoms with E-state index in [1.54, 1.807) is 0 Å². The highest BCUT2D eigenvalue weighted by molar-refractivity contribution is 5.57. The first-order chi connectivity index (χ1) is 6.81. The summed E-state index contributed by atoms with van der Waals surface area (Å²) in [5.41, 5.74) is -0.0972. The SMILES string of the molecule is CC(C)C=O.CCC(C)(C)C=O.CNC. The maximum absolute atomic E-state index is 10.1. The lowest BCUT2D eigenvalue weighted by atomic mass is 9.93. The monoisotopic (exact) mass is 217 g/mol. The predicted molar refractivity (Wildman–Crippen MR) is 66.0 cm³/mol. The van der Waals surface area contributed by atoms with E-state index in [9.17, 15) is 9.59 Å². The van der Waals surface area contributed by atoms with Gasteiger partial charge in [0, 0.05) is 11.3 Å². The van der Waals surface area contributed by atoms with Gasteiger partial charge in [0.1, 0.15) is 12.6 Å². The molecule has 0 atom stereocenters. The summed E-state index contributed by atoms with van der Waals surface area (Å²) in [6.07, 6.45) is 2.84. The summed E-state index contributed by atoms with van der Waals surface area (Å²) in [4.78, 5) is 19.6. The molecule has 0 aliphatic rings. The van der Waals surface area contributed by atoms with E-state index in [1.165, 1.54) is 0 Å². The maximum atomic E-state index is 10.1. The van der Waals surface area contributed by atoms with Crippen LogP contribution in [0.2, 0.25) is 0 Å². The van der Waals surface area contributed by atoms with Crippen molar-refractivity contribution in [3.63, 3.8) is 0 Å². The van der Waals surface area contributed by atoms with Crippen molar-refractivity contribution in [3.05, 3.63) is 0 Å². The molecule has 3 nitrogen and oxygen atoms in total. The van der Waals surface area contributed by atoms with Crippen LogP contribution in [0.5, 0.6) is 0 Å². The van der Waals surface area contributed by atoms with Crippen molar-refractivity contribution in [3.8, 4) is 0 Å². The third kappa shape index (κ3) is 31.9. The number of hydrogen-bond donors (Lipinski definition) is 1. The first kappa shape index (κ1) is 19.8. The van der Waals surface area contributed by atoms with Crippen LogP contribution < -0.4 is 5.32 Å². The molecule has 3 heteroatoms. The summed E-state index contributed by atoms with van der Waals surface area (Å²) >= 11 is 0. The number of carbonyl (C=O) groups is 2. The fourth-order valence-corrected chi connectivity index (χ4v) is 0.0833. The minimum Gasteiger partial charge on any atom is -0.323 e. The van der Waals surface area contributed by atoms with Crippen LogP contribution in [0.15, 0.2) is 0 Å². The van der Waals surface area contributed by atoms with Gasteiger partial charge < -0.3 is 14.9 Å². The number of aldehydes is 2. The second kappa shape index (κ2) is 13.3. The van der Waals surface area contributed by atoms with Crippen LogP contribution >= 0.6 is 0 Å². The lowest BCUT2D eigenvalue weighted by Crippen LogP contribution is -2.09. The van der Waals surface area contributed by atoms with Crippen LogP contribution in [-0.2, 0) is 9.59 Å². The summed E-state index contributed by atoms with van der Waals surface area (Å²) in [5.74, 6) is 0.204. The Balaban J connectivity index is -0.000000158. The molecule has 0 aromatic rings. The van der Waals surface area contributed by atoms with Crippen LogP contribution in [0, 0.1) is 11.3 Å². The molecule has 0 aliphatic heterocycles. The molecule has 0 spiro atoms. The van der Waals surface area contributed by atoms with Gasteiger partial charge in [0.2, 0.25) is 0 Å². The third-order valence-electron chi connectivity index (χ3n) is 1.50. The number of rotatable bonds is 3. The highest BCUT2D eigenvalue weighted by Gasteiger charge is 2.11. The average Bonchev–Trinajstić information content (AvgIpc) is 2.20. The van der Waals surface area contributed by atoms with Gasteiger partial charge in [-0.1, -0.05) is 34.6 Å². The molecule has 15 heavy (non-hydrogen) atoms. The normalized spacial score (nSPS) is 9.33. The van der Waals surface area contributed by atoms with Crippen molar-refractivity contribution in [2.75, 3.05) is 14.1 Å². The highest BCUT2D eigenvalue weighted by atomic mass is 16.1. The van der Waals surface area contributed by atoms with Gasteiger partial charge in [-0.2, -0.15) is 0 Å². The quantitative estimate of drug-likeness (QED) is 0.738. The van der Waals surface area contributed by atoms with Crippen molar-refractivity contribution in [1.82, 2.24) is 5.32 Å². The zero-order chi connectivity index (χ0) is 12.9. The zero-order valence-corrected chi connectivity index (χ0v) is 11.3. The Hall–Kier alpha value is -0.700. The van der Waals surface area contributed by atoms with E-state index in [2.05, 4.69) is 5.32 Å². The van der Waals surface area contributed by atoms with Crippen molar-refractivity contribution in [2.24, 2.45) is 11.3 Å². The van der Waals surface area contributed by atoms with Crippen LogP contribution in [0.25, 0.3) is 0 Å². The van der Waals surface area contributed by atoms with Gasteiger partial charge in [0.25, 0.3) is 0 Å². The first-order valence-electron chi connectivity index (χ1n) is 5.31. The Labute approximate surface area is 94.6 Å². The topological polar surface area (TPSA) is 46.2 Å². The van der Waals surface area contributed by atoms with Crippen LogP contribution in [0.1, 0.15) is 41.0 Å². The Kier molecular flexibility index (Phi) is 17.6. The molecule has 0 amide bonds. The molecule has 0 bridgehead atoms. The molecular formula is C12H27NO2. The van der Waals surface area contributed by atoms with Gasteiger partial charge in [0.05, 0.1) is 0 Å². The fourth-order valence-electron chi connectivity index (χ4n) is 0.0833.